The number of rotatable bonds is 3. The third-order valence-corrected chi connectivity index (χ3v) is 5.83. The molecule has 0 bridgehead atoms. The molecule has 3 rings (SSSR count). The van der Waals surface area contributed by atoms with Crippen LogP contribution < -0.4 is 10.7 Å². The van der Waals surface area contributed by atoms with E-state index in [2.05, 4.69) is 15.8 Å². The normalized spacial score (nSPS) is 20.0. The van der Waals surface area contributed by atoms with Crippen LogP contribution in [0.2, 0.25) is 0 Å². The van der Waals surface area contributed by atoms with Crippen molar-refractivity contribution in [2.24, 2.45) is 5.10 Å². The van der Waals surface area contributed by atoms with E-state index >= 15 is 0 Å². The van der Waals surface area contributed by atoms with Crippen LogP contribution in [-0.4, -0.2) is 37.7 Å². The summed E-state index contributed by atoms with van der Waals surface area (Å²) in [7, 11) is -3.01. The fourth-order valence-corrected chi connectivity index (χ4v) is 4.41. The first-order chi connectivity index (χ1) is 11.4. The lowest BCUT2D eigenvalue weighted by Crippen LogP contribution is -2.41. The van der Waals surface area contributed by atoms with Crippen molar-refractivity contribution in [3.8, 4) is 0 Å². The van der Waals surface area contributed by atoms with Gasteiger partial charge in [-0.15, -0.1) is 0 Å². The Morgan fingerprint density at radius 2 is 1.92 bits per heavy atom. The highest BCUT2D eigenvalue weighted by molar-refractivity contribution is 7.91. The van der Waals surface area contributed by atoms with Crippen molar-refractivity contribution in [3.63, 3.8) is 0 Å². The van der Waals surface area contributed by atoms with Gasteiger partial charge in [-0.05, 0) is 35.7 Å². The Labute approximate surface area is 140 Å². The number of benzene rings is 2. The summed E-state index contributed by atoms with van der Waals surface area (Å²) in [4.78, 5) is 11.8. The van der Waals surface area contributed by atoms with Gasteiger partial charge in [-0.25, -0.2) is 18.6 Å². The zero-order chi connectivity index (χ0) is 17.2. The Hall–Kier alpha value is -2.41. The first-order valence-corrected chi connectivity index (χ1v) is 9.55. The predicted octanol–water partition coefficient (Wildman–Crippen LogP) is 2.05. The first kappa shape index (κ1) is 16.4. The number of carbonyl (C=O) groups excluding carboxylic acids is 1. The maximum Gasteiger partial charge on any atom is 0.335 e. The van der Waals surface area contributed by atoms with Crippen molar-refractivity contribution in [2.45, 2.75) is 19.4 Å². The molecule has 6 nitrogen and oxygen atoms in total. The number of hydrogen-bond acceptors (Lipinski definition) is 4. The standard InChI is InChI=1S/C17H19N3O3S/c1-12(14-7-6-13-4-2-3-5-15(13)10-14)19-20-17(21)18-16-8-9-24(22,23)11-16/h2-7,10,16H,8-9,11H2,1H3,(H2,18,20,21). The number of sulfone groups is 1. The molecule has 1 aliphatic rings. The Balaban J connectivity index is 1.63. The van der Waals surface area contributed by atoms with Crippen molar-refractivity contribution < 1.29 is 13.2 Å². The van der Waals surface area contributed by atoms with E-state index in [-0.39, 0.29) is 17.5 Å². The summed E-state index contributed by atoms with van der Waals surface area (Å²) in [6.07, 6.45) is 0.448. The molecule has 1 fully saturated rings. The van der Waals surface area contributed by atoms with Gasteiger partial charge in [0.05, 0.1) is 17.2 Å². The minimum atomic E-state index is -3.01. The quantitative estimate of drug-likeness (QED) is 0.659. The molecule has 0 aliphatic carbocycles. The lowest BCUT2D eigenvalue weighted by Gasteiger charge is -2.10. The molecule has 0 saturated carbocycles. The van der Waals surface area contributed by atoms with Gasteiger partial charge < -0.3 is 5.32 Å². The predicted molar refractivity (Wildman–Crippen MR) is 94.9 cm³/mol. The molecule has 2 amide bonds. The lowest BCUT2D eigenvalue weighted by atomic mass is 10.0. The molecule has 1 saturated heterocycles. The van der Waals surface area contributed by atoms with Crippen LogP contribution in [0.5, 0.6) is 0 Å². The van der Waals surface area contributed by atoms with Gasteiger partial charge in [0.2, 0.25) is 0 Å². The van der Waals surface area contributed by atoms with E-state index in [0.717, 1.165) is 16.3 Å². The molecule has 2 aromatic carbocycles. The van der Waals surface area contributed by atoms with E-state index in [4.69, 9.17) is 0 Å². The number of carbonyl (C=O) groups is 1. The van der Waals surface area contributed by atoms with Gasteiger partial charge in [0.25, 0.3) is 0 Å². The summed E-state index contributed by atoms with van der Waals surface area (Å²) in [5.74, 6) is 0.116. The van der Waals surface area contributed by atoms with Gasteiger partial charge in [-0.1, -0.05) is 36.4 Å². The zero-order valence-corrected chi connectivity index (χ0v) is 14.1. The number of amides is 2. The van der Waals surface area contributed by atoms with E-state index in [1.807, 2.05) is 49.4 Å². The molecule has 1 atom stereocenters. The van der Waals surface area contributed by atoms with Gasteiger partial charge in [0.1, 0.15) is 0 Å². The third kappa shape index (κ3) is 3.91. The Kier molecular flexibility index (Phi) is 4.53. The topological polar surface area (TPSA) is 87.6 Å². The van der Waals surface area contributed by atoms with Gasteiger partial charge in [-0.2, -0.15) is 5.10 Å². The monoisotopic (exact) mass is 345 g/mol. The fraction of sp³-hybridized carbons (Fsp3) is 0.294. The minimum absolute atomic E-state index is 0.00616. The summed E-state index contributed by atoms with van der Waals surface area (Å²) in [5.41, 5.74) is 4.02. The summed E-state index contributed by atoms with van der Waals surface area (Å²) >= 11 is 0. The molecule has 0 spiro atoms. The van der Waals surface area contributed by atoms with E-state index in [0.29, 0.717) is 12.1 Å². The van der Waals surface area contributed by atoms with Crippen molar-refractivity contribution in [1.82, 2.24) is 10.7 Å². The SMILES string of the molecule is CC(=NNC(=O)NC1CCS(=O)(=O)C1)c1ccc2ccccc2c1. The van der Waals surface area contributed by atoms with Crippen LogP contribution >= 0.6 is 0 Å². The Morgan fingerprint density at radius 1 is 1.17 bits per heavy atom. The van der Waals surface area contributed by atoms with Crippen molar-refractivity contribution >= 4 is 32.4 Å². The van der Waals surface area contributed by atoms with Crippen LogP contribution in [-0.2, 0) is 9.84 Å². The lowest BCUT2D eigenvalue weighted by molar-refractivity contribution is 0.238. The van der Waals surface area contributed by atoms with Crippen molar-refractivity contribution in [3.05, 3.63) is 48.0 Å². The second kappa shape index (κ2) is 6.60. The van der Waals surface area contributed by atoms with Gasteiger partial charge in [-0.3, -0.25) is 0 Å². The number of nitrogens with one attached hydrogen (secondary N) is 2. The fourth-order valence-electron chi connectivity index (χ4n) is 2.74. The van der Waals surface area contributed by atoms with Crippen LogP contribution in [0.25, 0.3) is 10.8 Å². The van der Waals surface area contributed by atoms with Gasteiger partial charge in [0.15, 0.2) is 9.84 Å². The highest BCUT2D eigenvalue weighted by Gasteiger charge is 2.28. The van der Waals surface area contributed by atoms with Gasteiger partial charge >= 0.3 is 6.03 Å². The molecular weight excluding hydrogens is 326 g/mol. The molecule has 1 aliphatic heterocycles. The second-order valence-corrected chi connectivity index (χ2v) is 8.17. The highest BCUT2D eigenvalue weighted by atomic mass is 32.2. The summed E-state index contributed by atoms with van der Waals surface area (Å²) < 4.78 is 22.8. The maximum atomic E-state index is 11.8. The number of urea groups is 1. The molecule has 2 N–H and O–H groups in total. The second-order valence-electron chi connectivity index (χ2n) is 5.94. The average molecular weight is 345 g/mol. The molecule has 7 heteroatoms. The molecule has 0 aromatic heterocycles. The zero-order valence-electron chi connectivity index (χ0n) is 13.3. The van der Waals surface area contributed by atoms with Crippen LogP contribution in [0.4, 0.5) is 4.79 Å². The molecule has 2 aromatic rings. The average Bonchev–Trinajstić information content (AvgIpc) is 2.90. The number of fused-ring (bicyclic) bond motifs is 1. The molecule has 1 heterocycles. The van der Waals surface area contributed by atoms with Crippen LogP contribution in [0.1, 0.15) is 18.9 Å². The summed E-state index contributed by atoms with van der Waals surface area (Å²) in [5, 5.41) is 8.96. The molecule has 1 unspecified atom stereocenters. The molecule has 0 radical (unpaired) electrons. The van der Waals surface area contributed by atoms with E-state index < -0.39 is 15.9 Å². The van der Waals surface area contributed by atoms with Crippen molar-refractivity contribution in [2.75, 3.05) is 11.5 Å². The Bertz CT molecular complexity index is 906. The third-order valence-electron chi connectivity index (χ3n) is 4.06. The number of hydrazone groups is 1. The molecule has 126 valence electrons. The maximum absolute atomic E-state index is 11.8. The van der Waals surface area contributed by atoms with Gasteiger partial charge in [0, 0.05) is 6.04 Å². The minimum Gasteiger partial charge on any atom is -0.333 e. The van der Waals surface area contributed by atoms with Crippen LogP contribution in [0.15, 0.2) is 47.6 Å². The largest absolute Gasteiger partial charge is 0.335 e. The summed E-state index contributed by atoms with van der Waals surface area (Å²) in [6.45, 7) is 1.81. The number of hydrogen-bond donors (Lipinski definition) is 2. The first-order valence-electron chi connectivity index (χ1n) is 7.73. The van der Waals surface area contributed by atoms with Crippen LogP contribution in [0, 0.1) is 0 Å². The van der Waals surface area contributed by atoms with E-state index in [1.165, 1.54) is 0 Å². The van der Waals surface area contributed by atoms with E-state index in [1.54, 1.807) is 0 Å². The molecular formula is C17H19N3O3S. The summed E-state index contributed by atoms with van der Waals surface area (Å²) in [6, 6.07) is 13.1. The van der Waals surface area contributed by atoms with E-state index in [9.17, 15) is 13.2 Å². The smallest absolute Gasteiger partial charge is 0.333 e. The molecule has 24 heavy (non-hydrogen) atoms. The van der Waals surface area contributed by atoms with Crippen molar-refractivity contribution in [1.29, 1.82) is 0 Å². The van der Waals surface area contributed by atoms with Crippen LogP contribution in [0.3, 0.4) is 0 Å². The Morgan fingerprint density at radius 3 is 2.62 bits per heavy atom. The number of nitrogens with zero attached hydrogens (tertiary/aromatic N) is 1. The highest BCUT2D eigenvalue weighted by Crippen LogP contribution is 2.16.